The third-order valence-electron chi connectivity index (χ3n) is 4.87. The van der Waals surface area contributed by atoms with E-state index in [4.69, 9.17) is 4.74 Å². The SMILES string of the molecule is COC(=O)c1n[nH]c2cc(-c3ccc(NC(=O)Nc4cccc(C(F)(F)F)c4)cc3)ccc12. The summed E-state index contributed by atoms with van der Waals surface area (Å²) in [7, 11) is 1.28. The van der Waals surface area contributed by atoms with Gasteiger partial charge in [0.1, 0.15) is 0 Å². The van der Waals surface area contributed by atoms with Crippen molar-refractivity contribution in [3.05, 3.63) is 78.0 Å². The van der Waals surface area contributed by atoms with Crippen LogP contribution in [0.25, 0.3) is 22.0 Å². The number of esters is 1. The van der Waals surface area contributed by atoms with Gasteiger partial charge in [0.15, 0.2) is 5.69 Å². The molecular formula is C23H17F3N4O3. The lowest BCUT2D eigenvalue weighted by Crippen LogP contribution is -2.19. The molecule has 1 aromatic heterocycles. The summed E-state index contributed by atoms with van der Waals surface area (Å²) in [6, 6.07) is 16.0. The summed E-state index contributed by atoms with van der Waals surface area (Å²) in [6.45, 7) is 0. The van der Waals surface area contributed by atoms with Gasteiger partial charge in [-0.05, 0) is 53.6 Å². The van der Waals surface area contributed by atoms with E-state index in [1.807, 2.05) is 12.1 Å². The summed E-state index contributed by atoms with van der Waals surface area (Å²) in [6.07, 6.45) is -4.50. The number of H-pyrrole nitrogens is 1. The lowest BCUT2D eigenvalue weighted by Gasteiger charge is -2.11. The standard InChI is InChI=1S/C23H17F3N4O3/c1-33-21(31)20-18-10-7-14(11-19(18)29-30-20)13-5-8-16(9-6-13)27-22(32)28-17-4-2-3-15(12-17)23(24,25)26/h2-12H,1H3,(H,29,30)(H2,27,28,32). The van der Waals surface area contributed by atoms with Gasteiger partial charge in [0, 0.05) is 16.8 Å². The summed E-state index contributed by atoms with van der Waals surface area (Å²) in [5, 5.41) is 12.4. The summed E-state index contributed by atoms with van der Waals surface area (Å²) < 4.78 is 43.2. The predicted molar refractivity (Wildman–Crippen MR) is 117 cm³/mol. The molecule has 3 aromatic carbocycles. The number of halogens is 3. The molecule has 4 rings (SSSR count). The largest absolute Gasteiger partial charge is 0.464 e. The van der Waals surface area contributed by atoms with E-state index in [0.717, 1.165) is 23.3 Å². The first-order valence-corrected chi connectivity index (χ1v) is 9.67. The zero-order valence-electron chi connectivity index (χ0n) is 17.2. The highest BCUT2D eigenvalue weighted by atomic mass is 19.4. The zero-order chi connectivity index (χ0) is 23.6. The Balaban J connectivity index is 1.45. The van der Waals surface area contributed by atoms with E-state index in [9.17, 15) is 22.8 Å². The normalized spacial score (nSPS) is 11.3. The number of ether oxygens (including phenoxy) is 1. The van der Waals surface area contributed by atoms with Crippen LogP contribution in [-0.4, -0.2) is 29.3 Å². The molecule has 10 heteroatoms. The van der Waals surface area contributed by atoms with Crippen molar-refractivity contribution in [2.24, 2.45) is 0 Å². The van der Waals surface area contributed by atoms with E-state index in [1.54, 1.807) is 30.3 Å². The number of amides is 2. The Morgan fingerprint density at radius 2 is 1.61 bits per heavy atom. The molecule has 33 heavy (non-hydrogen) atoms. The number of aromatic amines is 1. The number of hydrogen-bond donors (Lipinski definition) is 3. The molecule has 0 spiro atoms. The number of benzene rings is 3. The summed E-state index contributed by atoms with van der Waals surface area (Å²) in [5.41, 5.74) is 2.19. The lowest BCUT2D eigenvalue weighted by atomic mass is 10.0. The second-order valence-corrected chi connectivity index (χ2v) is 7.06. The molecule has 3 N–H and O–H groups in total. The number of carbonyl (C=O) groups is 2. The van der Waals surface area contributed by atoms with Gasteiger partial charge in [0.2, 0.25) is 0 Å². The van der Waals surface area contributed by atoms with Crippen molar-refractivity contribution < 1.29 is 27.5 Å². The van der Waals surface area contributed by atoms with Gasteiger partial charge in [-0.3, -0.25) is 5.10 Å². The molecule has 7 nitrogen and oxygen atoms in total. The average Bonchev–Trinajstić information content (AvgIpc) is 3.22. The van der Waals surface area contributed by atoms with E-state index in [-0.39, 0.29) is 11.4 Å². The van der Waals surface area contributed by atoms with Gasteiger partial charge in [-0.25, -0.2) is 9.59 Å². The van der Waals surface area contributed by atoms with E-state index in [1.165, 1.54) is 19.2 Å². The van der Waals surface area contributed by atoms with Gasteiger partial charge in [0.05, 0.1) is 18.2 Å². The van der Waals surface area contributed by atoms with Crippen LogP contribution in [0.2, 0.25) is 0 Å². The van der Waals surface area contributed by atoms with Crippen molar-refractivity contribution in [1.82, 2.24) is 10.2 Å². The number of nitrogens with one attached hydrogen (secondary N) is 3. The highest BCUT2D eigenvalue weighted by Gasteiger charge is 2.30. The van der Waals surface area contributed by atoms with Crippen LogP contribution >= 0.6 is 0 Å². The van der Waals surface area contributed by atoms with E-state index in [0.29, 0.717) is 16.6 Å². The molecular weight excluding hydrogens is 437 g/mol. The molecule has 0 radical (unpaired) electrons. The molecule has 2 amide bonds. The number of aromatic nitrogens is 2. The average molecular weight is 454 g/mol. The van der Waals surface area contributed by atoms with Gasteiger partial charge in [-0.1, -0.05) is 24.3 Å². The van der Waals surface area contributed by atoms with Crippen LogP contribution < -0.4 is 10.6 Å². The van der Waals surface area contributed by atoms with E-state index >= 15 is 0 Å². The Labute approximate surface area is 185 Å². The summed E-state index contributed by atoms with van der Waals surface area (Å²) in [5.74, 6) is -0.534. The highest BCUT2D eigenvalue weighted by molar-refractivity contribution is 6.03. The van der Waals surface area contributed by atoms with Crippen LogP contribution in [-0.2, 0) is 10.9 Å². The number of nitrogens with zero attached hydrogens (tertiary/aromatic N) is 1. The minimum atomic E-state index is -4.50. The molecule has 0 unspecified atom stereocenters. The fourth-order valence-electron chi connectivity index (χ4n) is 3.26. The van der Waals surface area contributed by atoms with Gasteiger partial charge in [0.25, 0.3) is 0 Å². The van der Waals surface area contributed by atoms with Crippen molar-refractivity contribution in [1.29, 1.82) is 0 Å². The Kier molecular flexibility index (Phi) is 5.74. The van der Waals surface area contributed by atoms with Crippen LogP contribution in [0.15, 0.2) is 66.7 Å². The smallest absolute Gasteiger partial charge is 0.416 e. The molecule has 0 atom stereocenters. The molecule has 0 saturated carbocycles. The first kappa shape index (κ1) is 21.9. The number of rotatable bonds is 4. The minimum Gasteiger partial charge on any atom is -0.464 e. The summed E-state index contributed by atoms with van der Waals surface area (Å²) in [4.78, 5) is 23.9. The number of carbonyl (C=O) groups excluding carboxylic acids is 2. The Morgan fingerprint density at radius 1 is 0.909 bits per heavy atom. The molecule has 4 aromatic rings. The van der Waals surface area contributed by atoms with E-state index < -0.39 is 23.7 Å². The third kappa shape index (κ3) is 4.79. The minimum absolute atomic E-state index is 0.0260. The number of hydrogen-bond acceptors (Lipinski definition) is 4. The quantitative estimate of drug-likeness (QED) is 0.346. The Hall–Kier alpha value is -4.34. The van der Waals surface area contributed by atoms with Crippen molar-refractivity contribution in [2.45, 2.75) is 6.18 Å². The van der Waals surface area contributed by atoms with Gasteiger partial charge in [-0.15, -0.1) is 0 Å². The number of methoxy groups -OCH3 is 1. The zero-order valence-corrected chi connectivity index (χ0v) is 17.2. The van der Waals surface area contributed by atoms with Crippen molar-refractivity contribution in [2.75, 3.05) is 17.7 Å². The fraction of sp³-hybridized carbons (Fsp3) is 0.0870. The molecule has 168 valence electrons. The first-order valence-electron chi connectivity index (χ1n) is 9.67. The molecule has 0 fully saturated rings. The number of urea groups is 1. The van der Waals surface area contributed by atoms with Crippen LogP contribution in [0.1, 0.15) is 16.1 Å². The molecule has 0 bridgehead atoms. The van der Waals surface area contributed by atoms with Crippen molar-refractivity contribution in [3.8, 4) is 11.1 Å². The maximum absolute atomic E-state index is 12.8. The molecule has 0 aliphatic heterocycles. The lowest BCUT2D eigenvalue weighted by molar-refractivity contribution is -0.137. The van der Waals surface area contributed by atoms with Gasteiger partial charge >= 0.3 is 18.2 Å². The van der Waals surface area contributed by atoms with E-state index in [2.05, 4.69) is 20.8 Å². The predicted octanol–water partition coefficient (Wildman–Crippen LogP) is 5.68. The summed E-state index contributed by atoms with van der Waals surface area (Å²) >= 11 is 0. The van der Waals surface area contributed by atoms with Crippen LogP contribution in [0.3, 0.4) is 0 Å². The maximum Gasteiger partial charge on any atom is 0.416 e. The Morgan fingerprint density at radius 3 is 2.30 bits per heavy atom. The van der Waals surface area contributed by atoms with Crippen molar-refractivity contribution in [3.63, 3.8) is 0 Å². The molecule has 0 aliphatic carbocycles. The van der Waals surface area contributed by atoms with Crippen molar-refractivity contribution >= 4 is 34.3 Å². The third-order valence-corrected chi connectivity index (χ3v) is 4.87. The first-order chi connectivity index (χ1) is 15.7. The Bertz CT molecular complexity index is 1330. The second-order valence-electron chi connectivity index (χ2n) is 7.06. The number of anilines is 2. The fourth-order valence-corrected chi connectivity index (χ4v) is 3.26. The van der Waals surface area contributed by atoms with Crippen LogP contribution in [0.5, 0.6) is 0 Å². The van der Waals surface area contributed by atoms with Gasteiger partial charge in [-0.2, -0.15) is 18.3 Å². The second kappa shape index (κ2) is 8.65. The molecule has 1 heterocycles. The topological polar surface area (TPSA) is 96.1 Å². The molecule has 0 aliphatic rings. The number of alkyl halides is 3. The van der Waals surface area contributed by atoms with Crippen LogP contribution in [0.4, 0.5) is 29.3 Å². The molecule has 0 saturated heterocycles. The van der Waals surface area contributed by atoms with Gasteiger partial charge < -0.3 is 15.4 Å². The maximum atomic E-state index is 12.8. The van der Waals surface area contributed by atoms with Crippen LogP contribution in [0, 0.1) is 0 Å². The monoisotopic (exact) mass is 454 g/mol. The highest BCUT2D eigenvalue weighted by Crippen LogP contribution is 2.31. The number of fused-ring (bicyclic) bond motifs is 1.